The predicted octanol–water partition coefficient (Wildman–Crippen LogP) is 0.215. The lowest BCUT2D eigenvalue weighted by molar-refractivity contribution is 0.233. The van der Waals surface area contributed by atoms with Gasteiger partial charge in [0.2, 0.25) is 9.84 Å². The average Bonchev–Trinajstić information content (AvgIpc) is 2.66. The minimum Gasteiger partial charge on any atom is -0.476 e. The topological polar surface area (TPSA) is 58.6 Å². The fourth-order valence-electron chi connectivity index (χ4n) is 2.35. The van der Waals surface area contributed by atoms with Crippen molar-refractivity contribution in [2.24, 2.45) is 0 Å². The second kappa shape index (κ2) is 4.53. The number of piperazine rings is 1. The Bertz CT molecular complexity index is 550. The number of ether oxygens (including phenoxy) is 1. The third-order valence-corrected chi connectivity index (χ3v) is 4.76. The van der Waals surface area contributed by atoms with Gasteiger partial charge < -0.3 is 10.1 Å². The normalized spacial score (nSPS) is 22.4. The van der Waals surface area contributed by atoms with Gasteiger partial charge in [-0.05, 0) is 17.7 Å². The van der Waals surface area contributed by atoms with E-state index in [1.165, 1.54) is 0 Å². The maximum atomic E-state index is 11.6. The Labute approximate surface area is 107 Å². The van der Waals surface area contributed by atoms with Gasteiger partial charge in [0, 0.05) is 32.7 Å². The first-order valence-electron chi connectivity index (χ1n) is 6.07. The summed E-state index contributed by atoms with van der Waals surface area (Å²) in [4.78, 5) is 2.67. The number of fused-ring (bicyclic) bond motifs is 1. The van der Waals surface area contributed by atoms with Crippen LogP contribution in [0, 0.1) is 0 Å². The molecule has 0 spiro atoms. The molecule has 0 bridgehead atoms. The van der Waals surface area contributed by atoms with E-state index in [0.717, 1.165) is 38.3 Å². The van der Waals surface area contributed by atoms with Gasteiger partial charge in [-0.15, -0.1) is 0 Å². The van der Waals surface area contributed by atoms with Gasteiger partial charge in [-0.25, -0.2) is 8.42 Å². The Hall–Kier alpha value is -1.11. The summed E-state index contributed by atoms with van der Waals surface area (Å²) in [5.41, 5.74) is 1.10. The lowest BCUT2D eigenvalue weighted by Gasteiger charge is -2.27. The fourth-order valence-corrected chi connectivity index (χ4v) is 3.46. The molecule has 1 aromatic carbocycles. The number of sulfone groups is 1. The fraction of sp³-hybridized carbons (Fsp3) is 0.500. The monoisotopic (exact) mass is 268 g/mol. The summed E-state index contributed by atoms with van der Waals surface area (Å²) in [6, 6.07) is 5.39. The van der Waals surface area contributed by atoms with Crippen LogP contribution in [0.2, 0.25) is 0 Å². The number of hydrogen-bond acceptors (Lipinski definition) is 5. The van der Waals surface area contributed by atoms with Crippen molar-refractivity contribution in [3.63, 3.8) is 0 Å². The minimum atomic E-state index is -3.20. The SMILES string of the molecule is O=S1(=O)COc2cc(CN3CCNCC3)ccc21. The zero-order chi connectivity index (χ0) is 12.6. The first-order chi connectivity index (χ1) is 8.65. The highest BCUT2D eigenvalue weighted by molar-refractivity contribution is 7.91. The summed E-state index contributed by atoms with van der Waals surface area (Å²) >= 11 is 0. The smallest absolute Gasteiger partial charge is 0.216 e. The van der Waals surface area contributed by atoms with Gasteiger partial charge in [0.05, 0.1) is 0 Å². The van der Waals surface area contributed by atoms with Gasteiger partial charge in [-0.3, -0.25) is 4.90 Å². The number of nitrogens with zero attached hydrogens (tertiary/aromatic N) is 1. The van der Waals surface area contributed by atoms with Crippen molar-refractivity contribution in [1.29, 1.82) is 0 Å². The molecule has 0 aliphatic carbocycles. The van der Waals surface area contributed by atoms with Crippen LogP contribution in [0.5, 0.6) is 5.75 Å². The summed E-state index contributed by atoms with van der Waals surface area (Å²) in [7, 11) is -3.20. The Morgan fingerprint density at radius 2 is 2.06 bits per heavy atom. The van der Waals surface area contributed by atoms with Gasteiger partial charge >= 0.3 is 0 Å². The Morgan fingerprint density at radius 1 is 1.28 bits per heavy atom. The van der Waals surface area contributed by atoms with E-state index >= 15 is 0 Å². The van der Waals surface area contributed by atoms with E-state index in [2.05, 4.69) is 10.2 Å². The van der Waals surface area contributed by atoms with Crippen LogP contribution in [0.3, 0.4) is 0 Å². The molecule has 0 radical (unpaired) electrons. The summed E-state index contributed by atoms with van der Waals surface area (Å²) in [6.45, 7) is 4.91. The highest BCUT2D eigenvalue weighted by atomic mass is 32.2. The van der Waals surface area contributed by atoms with Crippen LogP contribution >= 0.6 is 0 Å². The maximum absolute atomic E-state index is 11.6. The number of rotatable bonds is 2. The minimum absolute atomic E-state index is 0.223. The number of benzene rings is 1. The molecule has 0 atom stereocenters. The van der Waals surface area contributed by atoms with E-state index in [-0.39, 0.29) is 5.94 Å². The van der Waals surface area contributed by atoms with Gasteiger partial charge in [0.25, 0.3) is 0 Å². The van der Waals surface area contributed by atoms with Crippen LogP contribution in [0.15, 0.2) is 23.1 Å². The summed E-state index contributed by atoms with van der Waals surface area (Å²) in [6.07, 6.45) is 0. The molecule has 1 N–H and O–H groups in total. The zero-order valence-corrected chi connectivity index (χ0v) is 10.9. The molecule has 0 unspecified atom stereocenters. The van der Waals surface area contributed by atoms with Crippen molar-refractivity contribution in [3.8, 4) is 5.75 Å². The molecule has 6 heteroatoms. The molecule has 2 aliphatic heterocycles. The summed E-state index contributed by atoms with van der Waals surface area (Å²) in [5, 5.41) is 3.31. The molecule has 0 amide bonds. The van der Waals surface area contributed by atoms with Crippen molar-refractivity contribution in [1.82, 2.24) is 10.2 Å². The molecule has 1 fully saturated rings. The largest absolute Gasteiger partial charge is 0.476 e. The lowest BCUT2D eigenvalue weighted by Crippen LogP contribution is -2.42. The van der Waals surface area contributed by atoms with E-state index in [0.29, 0.717) is 10.6 Å². The van der Waals surface area contributed by atoms with Crippen LogP contribution in [0.4, 0.5) is 0 Å². The van der Waals surface area contributed by atoms with E-state index in [4.69, 9.17) is 4.74 Å². The third-order valence-electron chi connectivity index (χ3n) is 3.33. The zero-order valence-electron chi connectivity index (χ0n) is 10.1. The standard InChI is InChI=1S/C12H16N2O3S/c15-18(16)9-17-11-7-10(1-2-12(11)18)8-14-5-3-13-4-6-14/h1-2,7,13H,3-6,8-9H2. The van der Waals surface area contributed by atoms with Crippen molar-refractivity contribution >= 4 is 9.84 Å². The van der Waals surface area contributed by atoms with Gasteiger partial charge in [0.1, 0.15) is 10.6 Å². The highest BCUT2D eigenvalue weighted by Gasteiger charge is 2.28. The lowest BCUT2D eigenvalue weighted by atomic mass is 10.2. The van der Waals surface area contributed by atoms with Gasteiger partial charge in [-0.2, -0.15) is 0 Å². The molecule has 0 saturated carbocycles. The molecule has 0 aromatic heterocycles. The molecule has 2 aliphatic rings. The first-order valence-corrected chi connectivity index (χ1v) is 7.72. The van der Waals surface area contributed by atoms with Crippen LogP contribution in [0.25, 0.3) is 0 Å². The summed E-state index contributed by atoms with van der Waals surface area (Å²) in [5.74, 6) is 0.280. The molecule has 2 heterocycles. The van der Waals surface area contributed by atoms with Crippen LogP contribution < -0.4 is 10.1 Å². The summed E-state index contributed by atoms with van der Waals surface area (Å²) < 4.78 is 28.4. The second-order valence-corrected chi connectivity index (χ2v) is 6.59. The Balaban J connectivity index is 1.79. The molecular weight excluding hydrogens is 252 g/mol. The first kappa shape index (κ1) is 12.0. The van der Waals surface area contributed by atoms with E-state index in [1.54, 1.807) is 6.07 Å². The maximum Gasteiger partial charge on any atom is 0.216 e. The van der Waals surface area contributed by atoms with Crippen molar-refractivity contribution in [2.45, 2.75) is 11.4 Å². The van der Waals surface area contributed by atoms with Crippen molar-refractivity contribution < 1.29 is 13.2 Å². The highest BCUT2D eigenvalue weighted by Crippen LogP contribution is 2.32. The Kier molecular flexibility index (Phi) is 3.01. The molecule has 98 valence electrons. The Morgan fingerprint density at radius 3 is 2.83 bits per heavy atom. The predicted molar refractivity (Wildman–Crippen MR) is 67.3 cm³/mol. The second-order valence-electron chi connectivity index (χ2n) is 4.68. The van der Waals surface area contributed by atoms with Crippen LogP contribution in [-0.2, 0) is 16.4 Å². The van der Waals surface area contributed by atoms with Gasteiger partial charge in [-0.1, -0.05) is 6.07 Å². The number of hydrogen-bond donors (Lipinski definition) is 1. The van der Waals surface area contributed by atoms with Crippen LogP contribution in [0.1, 0.15) is 5.56 Å². The van der Waals surface area contributed by atoms with E-state index in [9.17, 15) is 8.42 Å². The van der Waals surface area contributed by atoms with Crippen LogP contribution in [-0.4, -0.2) is 45.4 Å². The van der Waals surface area contributed by atoms with Crippen molar-refractivity contribution in [3.05, 3.63) is 23.8 Å². The van der Waals surface area contributed by atoms with Crippen molar-refractivity contribution in [2.75, 3.05) is 32.1 Å². The molecule has 1 aromatic rings. The third kappa shape index (κ3) is 2.23. The molecule has 3 rings (SSSR count). The molecular formula is C12H16N2O3S. The number of nitrogens with one attached hydrogen (secondary N) is 1. The van der Waals surface area contributed by atoms with Gasteiger partial charge in [0.15, 0.2) is 5.94 Å². The molecule has 18 heavy (non-hydrogen) atoms. The molecule has 5 nitrogen and oxygen atoms in total. The van der Waals surface area contributed by atoms with E-state index in [1.807, 2.05) is 12.1 Å². The molecule has 1 saturated heterocycles. The quantitative estimate of drug-likeness (QED) is 0.831. The van der Waals surface area contributed by atoms with E-state index < -0.39 is 9.84 Å². The average molecular weight is 268 g/mol.